The van der Waals surface area contributed by atoms with Crippen molar-refractivity contribution >= 4 is 11.5 Å². The van der Waals surface area contributed by atoms with Gasteiger partial charge >= 0.3 is 0 Å². The molecule has 1 aromatic carbocycles. The van der Waals surface area contributed by atoms with Crippen LogP contribution in [-0.4, -0.2) is 12.9 Å². The Labute approximate surface area is 77.5 Å². The molecule has 0 aliphatic carbocycles. The molecule has 2 N–H and O–H groups in total. The monoisotopic (exact) mass is 179 g/mol. The average Bonchev–Trinajstić information content (AvgIpc) is 2.17. The molecular weight excluding hydrogens is 166 g/mol. The summed E-state index contributed by atoms with van der Waals surface area (Å²) >= 11 is 0. The summed E-state index contributed by atoms with van der Waals surface area (Å²) in [5.41, 5.74) is 6.80. The van der Waals surface area contributed by atoms with Crippen molar-refractivity contribution in [2.75, 3.05) is 12.8 Å². The number of hydrogen-bond acceptors (Lipinski definition) is 3. The molecule has 1 aromatic rings. The largest absolute Gasteiger partial charge is 0.495 e. The molecule has 0 saturated carbocycles. The Morgan fingerprint density at radius 1 is 1.54 bits per heavy atom. The molecule has 0 unspecified atom stereocenters. The zero-order valence-electron chi connectivity index (χ0n) is 7.83. The van der Waals surface area contributed by atoms with E-state index in [1.807, 2.05) is 6.92 Å². The first-order chi connectivity index (χ1) is 6.19. The van der Waals surface area contributed by atoms with Crippen molar-refractivity contribution in [3.8, 4) is 5.75 Å². The van der Waals surface area contributed by atoms with Gasteiger partial charge in [-0.05, 0) is 18.2 Å². The van der Waals surface area contributed by atoms with Gasteiger partial charge in [0.15, 0.2) is 5.78 Å². The summed E-state index contributed by atoms with van der Waals surface area (Å²) in [5.74, 6) is 0.651. The molecule has 0 fully saturated rings. The SMILES string of the molecule is CCC(=O)c1ccc(N)c(OC)c1. The summed E-state index contributed by atoms with van der Waals surface area (Å²) in [6.07, 6.45) is 0.493. The zero-order chi connectivity index (χ0) is 9.84. The van der Waals surface area contributed by atoms with Crippen LogP contribution in [0, 0.1) is 0 Å². The van der Waals surface area contributed by atoms with Gasteiger partial charge in [0.05, 0.1) is 12.8 Å². The van der Waals surface area contributed by atoms with Crippen molar-refractivity contribution in [1.29, 1.82) is 0 Å². The third kappa shape index (κ3) is 1.99. The van der Waals surface area contributed by atoms with Crippen molar-refractivity contribution < 1.29 is 9.53 Å². The number of carbonyl (C=O) groups is 1. The minimum atomic E-state index is 0.0956. The highest BCUT2D eigenvalue weighted by Crippen LogP contribution is 2.22. The van der Waals surface area contributed by atoms with Crippen molar-refractivity contribution in [1.82, 2.24) is 0 Å². The third-order valence-corrected chi connectivity index (χ3v) is 1.88. The van der Waals surface area contributed by atoms with E-state index in [4.69, 9.17) is 10.5 Å². The Morgan fingerprint density at radius 2 is 2.23 bits per heavy atom. The standard InChI is InChI=1S/C10H13NO2/c1-3-9(12)7-4-5-8(11)10(6-7)13-2/h4-6H,3,11H2,1-2H3. The van der Waals surface area contributed by atoms with Crippen molar-refractivity contribution in [3.63, 3.8) is 0 Å². The quantitative estimate of drug-likeness (QED) is 0.569. The van der Waals surface area contributed by atoms with Crippen LogP contribution in [-0.2, 0) is 0 Å². The minimum absolute atomic E-state index is 0.0956. The lowest BCUT2D eigenvalue weighted by atomic mass is 10.1. The summed E-state index contributed by atoms with van der Waals surface area (Å²) < 4.78 is 5.00. The lowest BCUT2D eigenvalue weighted by Gasteiger charge is -2.05. The number of ether oxygens (including phenoxy) is 1. The van der Waals surface area contributed by atoms with Gasteiger partial charge < -0.3 is 10.5 Å². The van der Waals surface area contributed by atoms with E-state index < -0.39 is 0 Å². The van der Waals surface area contributed by atoms with Crippen LogP contribution in [0.2, 0.25) is 0 Å². The van der Waals surface area contributed by atoms with Gasteiger partial charge in [-0.3, -0.25) is 4.79 Å². The van der Waals surface area contributed by atoms with E-state index in [9.17, 15) is 4.79 Å². The van der Waals surface area contributed by atoms with Gasteiger partial charge in [-0.2, -0.15) is 0 Å². The molecule has 0 atom stereocenters. The highest BCUT2D eigenvalue weighted by molar-refractivity contribution is 5.96. The van der Waals surface area contributed by atoms with Gasteiger partial charge in [-0.1, -0.05) is 6.92 Å². The number of hydrogen-bond donors (Lipinski definition) is 1. The molecule has 0 saturated heterocycles. The normalized spacial score (nSPS) is 9.69. The number of benzene rings is 1. The predicted molar refractivity (Wildman–Crippen MR) is 52.0 cm³/mol. The second kappa shape index (κ2) is 3.94. The number of anilines is 1. The van der Waals surface area contributed by atoms with Crippen LogP contribution in [0.4, 0.5) is 5.69 Å². The highest BCUT2D eigenvalue weighted by atomic mass is 16.5. The van der Waals surface area contributed by atoms with E-state index in [1.54, 1.807) is 18.2 Å². The molecule has 0 bridgehead atoms. The first-order valence-corrected chi connectivity index (χ1v) is 4.15. The molecule has 0 spiro atoms. The summed E-state index contributed by atoms with van der Waals surface area (Å²) in [4.78, 5) is 11.3. The van der Waals surface area contributed by atoms with Crippen LogP contribution in [0.3, 0.4) is 0 Å². The Morgan fingerprint density at radius 3 is 2.77 bits per heavy atom. The number of ketones is 1. The van der Waals surface area contributed by atoms with E-state index in [2.05, 4.69) is 0 Å². The number of carbonyl (C=O) groups excluding carboxylic acids is 1. The third-order valence-electron chi connectivity index (χ3n) is 1.88. The first-order valence-electron chi connectivity index (χ1n) is 4.15. The minimum Gasteiger partial charge on any atom is -0.495 e. The Balaban J connectivity index is 3.06. The molecule has 3 nitrogen and oxygen atoms in total. The molecule has 0 radical (unpaired) electrons. The summed E-state index contributed by atoms with van der Waals surface area (Å²) in [7, 11) is 1.53. The fraction of sp³-hybridized carbons (Fsp3) is 0.300. The molecule has 0 aromatic heterocycles. The van der Waals surface area contributed by atoms with E-state index in [1.165, 1.54) is 7.11 Å². The summed E-state index contributed by atoms with van der Waals surface area (Å²) in [6, 6.07) is 5.06. The zero-order valence-corrected chi connectivity index (χ0v) is 7.83. The Hall–Kier alpha value is -1.51. The topological polar surface area (TPSA) is 52.3 Å². The predicted octanol–water partition coefficient (Wildman–Crippen LogP) is 1.87. The smallest absolute Gasteiger partial charge is 0.162 e. The molecule has 0 aliphatic heterocycles. The first kappa shape index (κ1) is 9.58. The van der Waals surface area contributed by atoms with Crippen LogP contribution in [0.15, 0.2) is 18.2 Å². The lowest BCUT2D eigenvalue weighted by Crippen LogP contribution is -1.99. The maximum absolute atomic E-state index is 11.3. The van der Waals surface area contributed by atoms with Gasteiger partial charge in [-0.15, -0.1) is 0 Å². The van der Waals surface area contributed by atoms with Crippen LogP contribution in [0.25, 0.3) is 0 Å². The fourth-order valence-corrected chi connectivity index (χ4v) is 1.09. The van der Waals surface area contributed by atoms with Crippen LogP contribution >= 0.6 is 0 Å². The maximum atomic E-state index is 11.3. The number of nitrogen functional groups attached to an aromatic ring is 1. The van der Waals surface area contributed by atoms with Crippen molar-refractivity contribution in [2.45, 2.75) is 13.3 Å². The number of rotatable bonds is 3. The van der Waals surface area contributed by atoms with Crippen molar-refractivity contribution in [2.24, 2.45) is 0 Å². The van der Waals surface area contributed by atoms with Gasteiger partial charge in [0, 0.05) is 12.0 Å². The lowest BCUT2D eigenvalue weighted by molar-refractivity contribution is 0.0988. The molecule has 0 amide bonds. The van der Waals surface area contributed by atoms with E-state index in [-0.39, 0.29) is 5.78 Å². The second-order valence-electron chi connectivity index (χ2n) is 2.73. The van der Waals surface area contributed by atoms with Crippen LogP contribution in [0.5, 0.6) is 5.75 Å². The molecule has 1 rings (SSSR count). The molecule has 0 aliphatic rings. The molecular formula is C10H13NO2. The van der Waals surface area contributed by atoms with E-state index in [0.29, 0.717) is 23.4 Å². The van der Waals surface area contributed by atoms with Gasteiger partial charge in [0.25, 0.3) is 0 Å². The van der Waals surface area contributed by atoms with E-state index in [0.717, 1.165) is 0 Å². The number of nitrogens with two attached hydrogens (primary N) is 1. The second-order valence-corrected chi connectivity index (χ2v) is 2.73. The number of Topliss-reactive ketones (excluding diaryl/α,β-unsaturated/α-hetero) is 1. The van der Waals surface area contributed by atoms with Gasteiger partial charge in [0.1, 0.15) is 5.75 Å². The maximum Gasteiger partial charge on any atom is 0.162 e. The summed E-state index contributed by atoms with van der Waals surface area (Å²) in [6.45, 7) is 1.82. The fourth-order valence-electron chi connectivity index (χ4n) is 1.09. The molecule has 70 valence electrons. The summed E-state index contributed by atoms with van der Waals surface area (Å²) in [5, 5.41) is 0. The molecule has 13 heavy (non-hydrogen) atoms. The number of methoxy groups -OCH3 is 1. The Bertz CT molecular complexity index is 321. The average molecular weight is 179 g/mol. The molecule has 3 heteroatoms. The van der Waals surface area contributed by atoms with E-state index >= 15 is 0 Å². The highest BCUT2D eigenvalue weighted by Gasteiger charge is 2.06. The molecule has 0 heterocycles. The van der Waals surface area contributed by atoms with Crippen molar-refractivity contribution in [3.05, 3.63) is 23.8 Å². The van der Waals surface area contributed by atoms with Gasteiger partial charge in [-0.25, -0.2) is 0 Å². The van der Waals surface area contributed by atoms with Gasteiger partial charge in [0.2, 0.25) is 0 Å². The van der Waals surface area contributed by atoms with Crippen LogP contribution in [0.1, 0.15) is 23.7 Å². The Kier molecular flexibility index (Phi) is 2.90. The van der Waals surface area contributed by atoms with Crippen LogP contribution < -0.4 is 10.5 Å².